The molecule has 0 bridgehead atoms. The van der Waals surface area contributed by atoms with Gasteiger partial charge in [0.2, 0.25) is 0 Å². The van der Waals surface area contributed by atoms with Crippen LogP contribution in [0.5, 0.6) is 0 Å². The molecular formula is C25H21F3N4O. The van der Waals surface area contributed by atoms with Gasteiger partial charge in [-0.15, -0.1) is 0 Å². The van der Waals surface area contributed by atoms with Crippen LogP contribution < -0.4 is 5.56 Å². The third-order valence-corrected chi connectivity index (χ3v) is 6.07. The van der Waals surface area contributed by atoms with Gasteiger partial charge in [0.25, 0.3) is 5.56 Å². The number of nitrogens with zero attached hydrogens (tertiary/aromatic N) is 4. The summed E-state index contributed by atoms with van der Waals surface area (Å²) in [7, 11) is 0. The highest BCUT2D eigenvalue weighted by atomic mass is 19.4. The highest BCUT2D eigenvalue weighted by Gasteiger charge is 2.30. The van der Waals surface area contributed by atoms with Gasteiger partial charge < -0.3 is 0 Å². The van der Waals surface area contributed by atoms with Crippen LogP contribution >= 0.6 is 0 Å². The van der Waals surface area contributed by atoms with Crippen molar-refractivity contribution in [1.29, 1.82) is 0 Å². The molecule has 0 spiro atoms. The third-order valence-electron chi connectivity index (χ3n) is 6.07. The third kappa shape index (κ3) is 4.26. The number of fused-ring (bicyclic) bond motifs is 3. The minimum Gasteiger partial charge on any atom is -0.294 e. The topological polar surface area (TPSA) is 51.0 Å². The van der Waals surface area contributed by atoms with Gasteiger partial charge in [-0.05, 0) is 35.2 Å². The Balaban J connectivity index is 1.52. The van der Waals surface area contributed by atoms with E-state index < -0.39 is 11.7 Å². The van der Waals surface area contributed by atoms with Crippen molar-refractivity contribution in [1.82, 2.24) is 19.4 Å². The fourth-order valence-corrected chi connectivity index (χ4v) is 4.43. The second kappa shape index (κ2) is 8.44. The monoisotopic (exact) mass is 450 g/mol. The lowest BCUT2D eigenvalue weighted by Gasteiger charge is -2.29. The van der Waals surface area contributed by atoms with Gasteiger partial charge in [-0.2, -0.15) is 13.2 Å². The van der Waals surface area contributed by atoms with Crippen LogP contribution in [-0.4, -0.2) is 26.0 Å². The molecule has 0 radical (unpaired) electrons. The number of pyridine rings is 1. The molecular weight excluding hydrogens is 429 g/mol. The van der Waals surface area contributed by atoms with Crippen LogP contribution in [0.2, 0.25) is 0 Å². The first-order valence-electron chi connectivity index (χ1n) is 10.7. The molecule has 0 N–H and O–H groups in total. The Morgan fingerprint density at radius 1 is 0.909 bits per heavy atom. The summed E-state index contributed by atoms with van der Waals surface area (Å²) < 4.78 is 40.3. The first-order chi connectivity index (χ1) is 15.9. The molecule has 3 heterocycles. The predicted molar refractivity (Wildman–Crippen MR) is 119 cm³/mol. The molecule has 0 aliphatic carbocycles. The van der Waals surface area contributed by atoms with Crippen LogP contribution in [0.4, 0.5) is 13.2 Å². The van der Waals surface area contributed by atoms with Crippen molar-refractivity contribution in [3.05, 3.63) is 105 Å². The molecule has 2 aromatic heterocycles. The van der Waals surface area contributed by atoms with Crippen LogP contribution in [0.3, 0.4) is 0 Å². The maximum Gasteiger partial charge on any atom is 0.416 e. The van der Waals surface area contributed by atoms with Crippen molar-refractivity contribution < 1.29 is 13.2 Å². The standard InChI is InChI=1S/C25H21F3N4O/c26-25(27,28)19-8-6-18(7-9-19)14-32-23-21(12-29-16-30-23)20-10-11-31(15-22(20)24(32)33)13-17-4-2-1-3-5-17/h1-9,12,16H,10-11,13-15H2. The van der Waals surface area contributed by atoms with E-state index >= 15 is 0 Å². The highest BCUT2D eigenvalue weighted by Crippen LogP contribution is 2.29. The molecule has 8 heteroatoms. The first kappa shape index (κ1) is 21.3. The zero-order valence-electron chi connectivity index (χ0n) is 17.7. The number of halogens is 3. The van der Waals surface area contributed by atoms with Gasteiger partial charge in [0.15, 0.2) is 0 Å². The van der Waals surface area contributed by atoms with Gasteiger partial charge in [-0.1, -0.05) is 42.5 Å². The van der Waals surface area contributed by atoms with E-state index in [1.54, 1.807) is 10.8 Å². The Bertz CT molecular complexity index is 1350. The minimum absolute atomic E-state index is 0.135. The summed E-state index contributed by atoms with van der Waals surface area (Å²) >= 11 is 0. The van der Waals surface area contributed by atoms with Crippen LogP contribution in [0.15, 0.2) is 71.9 Å². The lowest BCUT2D eigenvalue weighted by molar-refractivity contribution is -0.137. The van der Waals surface area contributed by atoms with Crippen LogP contribution in [0.1, 0.15) is 27.8 Å². The predicted octanol–water partition coefficient (Wildman–Crippen LogP) is 4.42. The Hall–Kier alpha value is -3.52. The van der Waals surface area contributed by atoms with E-state index in [9.17, 15) is 18.0 Å². The fourth-order valence-electron chi connectivity index (χ4n) is 4.43. The van der Waals surface area contributed by atoms with Gasteiger partial charge in [-0.25, -0.2) is 9.97 Å². The second-order valence-corrected chi connectivity index (χ2v) is 8.25. The van der Waals surface area contributed by atoms with E-state index in [1.165, 1.54) is 24.0 Å². The second-order valence-electron chi connectivity index (χ2n) is 8.25. The van der Waals surface area contributed by atoms with Crippen LogP contribution in [-0.2, 0) is 32.2 Å². The molecule has 0 atom stereocenters. The maximum absolute atomic E-state index is 13.6. The lowest BCUT2D eigenvalue weighted by Crippen LogP contribution is -2.37. The number of aromatic nitrogens is 3. The van der Waals surface area contributed by atoms with Gasteiger partial charge in [0.05, 0.1) is 12.1 Å². The lowest BCUT2D eigenvalue weighted by atomic mass is 9.97. The Morgan fingerprint density at radius 2 is 1.64 bits per heavy atom. The van der Waals surface area contributed by atoms with Crippen molar-refractivity contribution >= 4 is 11.0 Å². The molecule has 0 saturated heterocycles. The summed E-state index contributed by atoms with van der Waals surface area (Å²) in [5.41, 5.74) is 3.07. The molecule has 4 aromatic rings. The Kier molecular flexibility index (Phi) is 5.46. The van der Waals surface area contributed by atoms with Crippen molar-refractivity contribution in [2.24, 2.45) is 0 Å². The Morgan fingerprint density at radius 3 is 2.36 bits per heavy atom. The summed E-state index contributed by atoms with van der Waals surface area (Å²) in [6.07, 6.45) is -0.579. The van der Waals surface area contributed by atoms with Crippen molar-refractivity contribution in [3.8, 4) is 0 Å². The molecule has 33 heavy (non-hydrogen) atoms. The summed E-state index contributed by atoms with van der Waals surface area (Å²) in [5.74, 6) is 0. The molecule has 2 aromatic carbocycles. The molecule has 0 fully saturated rings. The summed E-state index contributed by atoms with van der Waals surface area (Å²) in [5, 5.41) is 0.818. The quantitative estimate of drug-likeness (QED) is 0.462. The largest absolute Gasteiger partial charge is 0.416 e. The van der Waals surface area contributed by atoms with E-state index in [2.05, 4.69) is 27.0 Å². The van der Waals surface area contributed by atoms with Crippen LogP contribution in [0, 0.1) is 0 Å². The average molecular weight is 450 g/mol. The molecule has 0 amide bonds. The maximum atomic E-state index is 13.6. The van der Waals surface area contributed by atoms with Gasteiger partial charge in [0, 0.05) is 36.8 Å². The highest BCUT2D eigenvalue weighted by molar-refractivity contribution is 5.79. The van der Waals surface area contributed by atoms with E-state index in [0.29, 0.717) is 29.7 Å². The number of rotatable bonds is 4. The molecule has 1 aliphatic heterocycles. The Labute approximate surface area is 188 Å². The SMILES string of the molecule is O=c1c2c(c3cncnc3n1Cc1ccc(C(F)(F)F)cc1)CCN(Cc1ccccc1)C2. The van der Waals surface area contributed by atoms with E-state index in [1.807, 2.05) is 18.2 Å². The zero-order chi connectivity index (χ0) is 23.0. The molecule has 5 rings (SSSR count). The molecule has 1 aliphatic rings. The van der Waals surface area contributed by atoms with Crippen LogP contribution in [0.25, 0.3) is 11.0 Å². The number of alkyl halides is 3. The van der Waals surface area contributed by atoms with E-state index in [-0.39, 0.29) is 12.1 Å². The number of benzene rings is 2. The van der Waals surface area contributed by atoms with E-state index in [0.717, 1.165) is 36.2 Å². The number of hydrogen-bond donors (Lipinski definition) is 0. The van der Waals surface area contributed by atoms with Crippen molar-refractivity contribution in [2.75, 3.05) is 6.54 Å². The smallest absolute Gasteiger partial charge is 0.294 e. The molecule has 0 unspecified atom stereocenters. The number of hydrogen-bond acceptors (Lipinski definition) is 4. The summed E-state index contributed by atoms with van der Waals surface area (Å²) in [4.78, 5) is 24.3. The normalized spacial score (nSPS) is 14.4. The molecule has 0 saturated carbocycles. The van der Waals surface area contributed by atoms with Crippen molar-refractivity contribution in [3.63, 3.8) is 0 Å². The molecule has 5 nitrogen and oxygen atoms in total. The van der Waals surface area contributed by atoms with E-state index in [4.69, 9.17) is 0 Å². The average Bonchev–Trinajstić information content (AvgIpc) is 2.82. The van der Waals surface area contributed by atoms with Gasteiger partial charge in [-0.3, -0.25) is 14.3 Å². The summed E-state index contributed by atoms with van der Waals surface area (Å²) in [6.45, 7) is 2.19. The molecule has 168 valence electrons. The van der Waals surface area contributed by atoms with Gasteiger partial charge >= 0.3 is 6.18 Å². The summed E-state index contributed by atoms with van der Waals surface area (Å²) in [6, 6.07) is 15.0. The van der Waals surface area contributed by atoms with Crippen molar-refractivity contribution in [2.45, 2.75) is 32.2 Å². The minimum atomic E-state index is -4.40. The fraction of sp³-hybridized carbons (Fsp3) is 0.240. The first-order valence-corrected chi connectivity index (χ1v) is 10.7. The van der Waals surface area contributed by atoms with Gasteiger partial charge in [0.1, 0.15) is 12.0 Å². The zero-order valence-corrected chi connectivity index (χ0v) is 17.7.